The minimum absolute atomic E-state index is 0.219. The maximum Gasteiger partial charge on any atom is 0.410 e. The van der Waals surface area contributed by atoms with Crippen LogP contribution in [0.2, 0.25) is 0 Å². The third-order valence-corrected chi connectivity index (χ3v) is 3.48. The third-order valence-electron chi connectivity index (χ3n) is 3.48. The molecule has 0 bridgehead atoms. The number of hydrogen-bond donors (Lipinski definition) is 0. The molecule has 2 rings (SSSR count). The molecule has 1 heterocycles. The number of nitrogens with zero attached hydrogens (tertiary/aromatic N) is 1. The Hall–Kier alpha value is -1.95. The Balaban J connectivity index is 1.74. The van der Waals surface area contributed by atoms with Gasteiger partial charge in [-0.25, -0.2) is 4.79 Å². The molecule has 3 nitrogen and oxygen atoms in total. The van der Waals surface area contributed by atoms with Crippen molar-refractivity contribution in [3.8, 4) is 12.3 Å². The molecule has 3 heteroatoms. The lowest BCUT2D eigenvalue weighted by atomic mass is 9.94. The first kappa shape index (κ1) is 13.5. The number of rotatable bonds is 3. The SMILES string of the molecule is C#CCC1CCN(C(=O)OCc2ccccc2)CC1. The van der Waals surface area contributed by atoms with Gasteiger partial charge in [-0.3, -0.25) is 0 Å². The highest BCUT2D eigenvalue weighted by Crippen LogP contribution is 2.20. The van der Waals surface area contributed by atoms with Crippen molar-refractivity contribution in [2.24, 2.45) is 5.92 Å². The molecule has 1 aliphatic rings. The molecule has 1 aromatic rings. The van der Waals surface area contributed by atoms with Crippen molar-refractivity contribution in [3.63, 3.8) is 0 Å². The van der Waals surface area contributed by atoms with Gasteiger partial charge in [0.1, 0.15) is 6.61 Å². The van der Waals surface area contributed by atoms with Crippen LogP contribution in [0.15, 0.2) is 30.3 Å². The van der Waals surface area contributed by atoms with Crippen LogP contribution in [0, 0.1) is 18.3 Å². The quantitative estimate of drug-likeness (QED) is 0.779. The molecule has 0 unspecified atom stereocenters. The fraction of sp³-hybridized carbons (Fsp3) is 0.438. The Bertz CT molecular complexity index is 442. The van der Waals surface area contributed by atoms with Gasteiger partial charge in [0.05, 0.1) is 0 Å². The van der Waals surface area contributed by atoms with Crippen LogP contribution in [0.25, 0.3) is 0 Å². The number of ether oxygens (including phenoxy) is 1. The largest absolute Gasteiger partial charge is 0.445 e. The average molecular weight is 257 g/mol. The predicted molar refractivity (Wildman–Crippen MR) is 74.4 cm³/mol. The van der Waals surface area contributed by atoms with Crippen LogP contribution < -0.4 is 0 Å². The first-order valence-electron chi connectivity index (χ1n) is 6.68. The second kappa shape index (κ2) is 6.84. The number of benzene rings is 1. The van der Waals surface area contributed by atoms with Gasteiger partial charge >= 0.3 is 6.09 Å². The number of likely N-dealkylation sites (tertiary alicyclic amines) is 1. The van der Waals surface area contributed by atoms with E-state index in [2.05, 4.69) is 5.92 Å². The zero-order valence-electron chi connectivity index (χ0n) is 11.0. The van der Waals surface area contributed by atoms with E-state index in [1.54, 1.807) is 4.90 Å². The monoisotopic (exact) mass is 257 g/mol. The number of carbonyl (C=O) groups is 1. The van der Waals surface area contributed by atoms with E-state index in [4.69, 9.17) is 11.2 Å². The van der Waals surface area contributed by atoms with E-state index >= 15 is 0 Å². The highest BCUT2D eigenvalue weighted by atomic mass is 16.6. The van der Waals surface area contributed by atoms with Crippen LogP contribution in [-0.4, -0.2) is 24.1 Å². The summed E-state index contributed by atoms with van der Waals surface area (Å²) in [7, 11) is 0. The number of piperidine rings is 1. The molecule has 100 valence electrons. The summed E-state index contributed by atoms with van der Waals surface area (Å²) in [4.78, 5) is 13.7. The Kier molecular flexibility index (Phi) is 4.85. The fourth-order valence-corrected chi connectivity index (χ4v) is 2.30. The molecule has 1 aromatic carbocycles. The number of amides is 1. The molecule has 0 saturated carbocycles. The molecule has 1 amide bonds. The summed E-state index contributed by atoms with van der Waals surface area (Å²) in [6.45, 7) is 1.84. The highest BCUT2D eigenvalue weighted by Gasteiger charge is 2.23. The summed E-state index contributed by atoms with van der Waals surface area (Å²) in [5.74, 6) is 3.25. The van der Waals surface area contributed by atoms with Crippen molar-refractivity contribution >= 4 is 6.09 Å². The molecule has 0 radical (unpaired) electrons. The first-order chi connectivity index (χ1) is 9.29. The van der Waals surface area contributed by atoms with Crippen LogP contribution in [0.1, 0.15) is 24.8 Å². The molecular weight excluding hydrogens is 238 g/mol. The summed E-state index contributed by atoms with van der Waals surface area (Å²) < 4.78 is 5.31. The van der Waals surface area contributed by atoms with Crippen molar-refractivity contribution < 1.29 is 9.53 Å². The third kappa shape index (κ3) is 4.03. The summed E-state index contributed by atoms with van der Waals surface area (Å²) >= 11 is 0. The van der Waals surface area contributed by atoms with Gasteiger partial charge in [0.25, 0.3) is 0 Å². The van der Waals surface area contributed by atoms with E-state index in [1.807, 2.05) is 30.3 Å². The van der Waals surface area contributed by atoms with Crippen molar-refractivity contribution in [2.75, 3.05) is 13.1 Å². The Morgan fingerprint density at radius 3 is 2.63 bits per heavy atom. The van der Waals surface area contributed by atoms with Crippen LogP contribution in [0.3, 0.4) is 0 Å². The maximum absolute atomic E-state index is 11.9. The molecule has 1 aliphatic heterocycles. The minimum Gasteiger partial charge on any atom is -0.445 e. The van der Waals surface area contributed by atoms with Gasteiger partial charge in [-0.15, -0.1) is 12.3 Å². The molecular formula is C16H19NO2. The van der Waals surface area contributed by atoms with Gasteiger partial charge < -0.3 is 9.64 Å². The van der Waals surface area contributed by atoms with Crippen molar-refractivity contribution in [1.29, 1.82) is 0 Å². The first-order valence-corrected chi connectivity index (χ1v) is 6.68. The van der Waals surface area contributed by atoms with Gasteiger partial charge in [-0.2, -0.15) is 0 Å². The summed E-state index contributed by atoms with van der Waals surface area (Å²) in [6.07, 6.45) is 7.86. The Morgan fingerprint density at radius 1 is 1.32 bits per heavy atom. The number of carbonyl (C=O) groups excluding carboxylic acids is 1. The smallest absolute Gasteiger partial charge is 0.410 e. The second-order valence-electron chi connectivity index (χ2n) is 4.88. The molecule has 0 aliphatic carbocycles. The van der Waals surface area contributed by atoms with Crippen LogP contribution in [-0.2, 0) is 11.3 Å². The predicted octanol–water partition coefficient (Wildman–Crippen LogP) is 3.06. The Labute approximate surface area is 114 Å². The van der Waals surface area contributed by atoms with Crippen LogP contribution in [0.5, 0.6) is 0 Å². The van der Waals surface area contributed by atoms with Gasteiger partial charge in [-0.1, -0.05) is 30.3 Å². The molecule has 0 N–H and O–H groups in total. The zero-order chi connectivity index (χ0) is 13.5. The lowest BCUT2D eigenvalue weighted by Gasteiger charge is -2.30. The molecule has 0 atom stereocenters. The molecule has 19 heavy (non-hydrogen) atoms. The van der Waals surface area contributed by atoms with E-state index in [1.165, 1.54) is 0 Å². The summed E-state index contributed by atoms with van der Waals surface area (Å²) in [5, 5.41) is 0. The topological polar surface area (TPSA) is 29.5 Å². The lowest BCUT2D eigenvalue weighted by molar-refractivity contribution is 0.0827. The Morgan fingerprint density at radius 2 is 2.00 bits per heavy atom. The van der Waals surface area contributed by atoms with E-state index in [9.17, 15) is 4.79 Å². The molecule has 1 fully saturated rings. The van der Waals surface area contributed by atoms with Crippen molar-refractivity contribution in [3.05, 3.63) is 35.9 Å². The van der Waals surface area contributed by atoms with Crippen LogP contribution in [0.4, 0.5) is 4.79 Å². The standard InChI is InChI=1S/C16H19NO2/c1-2-6-14-9-11-17(12-10-14)16(18)19-13-15-7-4-3-5-8-15/h1,3-5,7-8,14H,6,9-13H2. The number of hydrogen-bond acceptors (Lipinski definition) is 2. The van der Waals surface area contributed by atoms with E-state index in [-0.39, 0.29) is 6.09 Å². The lowest BCUT2D eigenvalue weighted by Crippen LogP contribution is -2.38. The van der Waals surface area contributed by atoms with Gasteiger partial charge in [0.15, 0.2) is 0 Å². The van der Waals surface area contributed by atoms with Crippen molar-refractivity contribution in [2.45, 2.75) is 25.9 Å². The van der Waals surface area contributed by atoms with E-state index in [0.717, 1.165) is 37.9 Å². The molecule has 0 spiro atoms. The van der Waals surface area contributed by atoms with Gasteiger partial charge in [0.2, 0.25) is 0 Å². The van der Waals surface area contributed by atoms with Crippen molar-refractivity contribution in [1.82, 2.24) is 4.90 Å². The fourth-order valence-electron chi connectivity index (χ4n) is 2.30. The summed E-state index contributed by atoms with van der Waals surface area (Å²) in [5.41, 5.74) is 1.01. The van der Waals surface area contributed by atoms with Crippen LogP contribution >= 0.6 is 0 Å². The second-order valence-corrected chi connectivity index (χ2v) is 4.88. The summed E-state index contributed by atoms with van der Waals surface area (Å²) in [6, 6.07) is 9.73. The number of terminal acetylenes is 1. The van der Waals surface area contributed by atoms with Gasteiger partial charge in [0, 0.05) is 19.5 Å². The molecule has 1 saturated heterocycles. The maximum atomic E-state index is 11.9. The zero-order valence-corrected chi connectivity index (χ0v) is 11.0. The van der Waals surface area contributed by atoms with E-state index < -0.39 is 0 Å². The normalized spacial score (nSPS) is 15.8. The highest BCUT2D eigenvalue weighted by molar-refractivity contribution is 5.67. The van der Waals surface area contributed by atoms with E-state index in [0.29, 0.717) is 12.5 Å². The van der Waals surface area contributed by atoms with Gasteiger partial charge in [-0.05, 0) is 24.3 Å². The minimum atomic E-state index is -0.219. The average Bonchev–Trinajstić information content (AvgIpc) is 2.47. The molecule has 0 aromatic heterocycles.